The Morgan fingerprint density at radius 2 is 1.83 bits per heavy atom. The van der Waals surface area contributed by atoms with Crippen LogP contribution in [0, 0.1) is 13.8 Å². The summed E-state index contributed by atoms with van der Waals surface area (Å²) in [5.41, 5.74) is 3.92. The Hall–Kier alpha value is -2.27. The third-order valence-corrected chi connectivity index (χ3v) is 7.76. The zero-order valence-electron chi connectivity index (χ0n) is 16.6. The lowest BCUT2D eigenvalue weighted by molar-refractivity contribution is 0.102. The van der Waals surface area contributed by atoms with Crippen LogP contribution in [0.15, 0.2) is 52.9 Å². The molecular formula is C20H22N4O3S3. The van der Waals surface area contributed by atoms with Gasteiger partial charge >= 0.3 is 0 Å². The molecule has 158 valence electrons. The Morgan fingerprint density at radius 3 is 2.57 bits per heavy atom. The lowest BCUT2D eigenvalue weighted by atomic mass is 10.1. The number of amides is 1. The van der Waals surface area contributed by atoms with Crippen molar-refractivity contribution in [1.82, 2.24) is 14.9 Å². The summed E-state index contributed by atoms with van der Waals surface area (Å²) in [6, 6.07) is 15.3. The molecule has 2 aromatic carbocycles. The molecule has 3 rings (SSSR count). The minimum Gasteiger partial charge on any atom is -0.296 e. The predicted molar refractivity (Wildman–Crippen MR) is 122 cm³/mol. The average molecular weight is 463 g/mol. The standard InChI is InChI=1S/C20H22N4O3S3/c1-14-6-8-17(9-7-14)18(25)22-19-23-24-20(29-19)30(26,27)21-10-11-28-13-16-5-3-4-15(2)12-16/h3-9,12,21H,10-11,13H2,1-2H3,(H,22,23,25). The van der Waals surface area contributed by atoms with E-state index in [4.69, 9.17) is 0 Å². The highest BCUT2D eigenvalue weighted by Gasteiger charge is 2.20. The van der Waals surface area contributed by atoms with Crippen molar-refractivity contribution in [1.29, 1.82) is 0 Å². The molecule has 0 saturated heterocycles. The molecule has 1 aromatic heterocycles. The molecule has 0 radical (unpaired) electrons. The molecule has 0 aliphatic heterocycles. The van der Waals surface area contributed by atoms with E-state index in [-0.39, 0.29) is 21.9 Å². The summed E-state index contributed by atoms with van der Waals surface area (Å²) < 4.78 is 27.1. The van der Waals surface area contributed by atoms with Gasteiger partial charge < -0.3 is 0 Å². The lowest BCUT2D eigenvalue weighted by Crippen LogP contribution is -2.26. The van der Waals surface area contributed by atoms with Gasteiger partial charge in [0.1, 0.15) is 0 Å². The van der Waals surface area contributed by atoms with Crippen LogP contribution in [-0.4, -0.2) is 36.8 Å². The summed E-state index contributed by atoms with van der Waals surface area (Å²) in [6.07, 6.45) is 0. The number of benzene rings is 2. The highest BCUT2D eigenvalue weighted by molar-refractivity contribution is 7.98. The minimum absolute atomic E-state index is 0.134. The molecule has 0 spiro atoms. The summed E-state index contributed by atoms with van der Waals surface area (Å²) in [4.78, 5) is 12.2. The van der Waals surface area contributed by atoms with Gasteiger partial charge in [-0.25, -0.2) is 13.1 Å². The number of carbonyl (C=O) groups excluding carboxylic acids is 1. The lowest BCUT2D eigenvalue weighted by Gasteiger charge is -2.05. The Labute approximate surface area is 184 Å². The van der Waals surface area contributed by atoms with Gasteiger partial charge in [-0.2, -0.15) is 11.8 Å². The van der Waals surface area contributed by atoms with Gasteiger partial charge in [-0.15, -0.1) is 10.2 Å². The fourth-order valence-electron chi connectivity index (χ4n) is 2.54. The maximum atomic E-state index is 12.4. The second kappa shape index (κ2) is 10.2. The number of hydrogen-bond acceptors (Lipinski definition) is 7. The smallest absolute Gasteiger partial charge is 0.269 e. The zero-order valence-corrected chi connectivity index (χ0v) is 19.0. The quantitative estimate of drug-likeness (QED) is 0.372. The Kier molecular flexibility index (Phi) is 7.59. The van der Waals surface area contributed by atoms with Gasteiger partial charge in [0.25, 0.3) is 15.9 Å². The van der Waals surface area contributed by atoms with Crippen LogP contribution in [0.4, 0.5) is 5.13 Å². The second-order valence-corrected chi connectivity index (χ2v) is 10.7. The molecule has 7 nitrogen and oxygen atoms in total. The van der Waals surface area contributed by atoms with E-state index in [0.29, 0.717) is 11.3 Å². The molecule has 3 aromatic rings. The second-order valence-electron chi connectivity index (χ2n) is 6.63. The van der Waals surface area contributed by atoms with Gasteiger partial charge in [0.15, 0.2) is 0 Å². The van der Waals surface area contributed by atoms with E-state index in [2.05, 4.69) is 32.4 Å². The van der Waals surface area contributed by atoms with Gasteiger partial charge in [0, 0.05) is 23.6 Å². The molecule has 0 fully saturated rings. The van der Waals surface area contributed by atoms with Crippen LogP contribution < -0.4 is 10.0 Å². The van der Waals surface area contributed by atoms with E-state index in [1.807, 2.05) is 38.1 Å². The predicted octanol–water partition coefficient (Wildman–Crippen LogP) is 3.62. The molecule has 0 atom stereocenters. The van der Waals surface area contributed by atoms with E-state index in [1.54, 1.807) is 23.9 Å². The Morgan fingerprint density at radius 1 is 1.07 bits per heavy atom. The van der Waals surface area contributed by atoms with Crippen molar-refractivity contribution in [3.8, 4) is 0 Å². The van der Waals surface area contributed by atoms with Gasteiger partial charge in [-0.3, -0.25) is 10.1 Å². The van der Waals surface area contributed by atoms with Crippen LogP contribution in [0.3, 0.4) is 0 Å². The number of rotatable bonds is 9. The van der Waals surface area contributed by atoms with Crippen LogP contribution in [-0.2, 0) is 15.8 Å². The first-order chi connectivity index (χ1) is 14.3. The average Bonchev–Trinajstić information content (AvgIpc) is 3.18. The third kappa shape index (κ3) is 6.36. The molecule has 30 heavy (non-hydrogen) atoms. The van der Waals surface area contributed by atoms with Gasteiger partial charge in [0.05, 0.1) is 0 Å². The van der Waals surface area contributed by atoms with Crippen LogP contribution in [0.25, 0.3) is 0 Å². The van der Waals surface area contributed by atoms with Crippen LogP contribution in [0.2, 0.25) is 0 Å². The van der Waals surface area contributed by atoms with E-state index < -0.39 is 10.0 Å². The number of thioether (sulfide) groups is 1. The molecule has 0 bridgehead atoms. The van der Waals surface area contributed by atoms with Gasteiger partial charge in [-0.05, 0) is 31.5 Å². The molecule has 0 saturated carbocycles. The largest absolute Gasteiger partial charge is 0.296 e. The van der Waals surface area contributed by atoms with Crippen molar-refractivity contribution < 1.29 is 13.2 Å². The summed E-state index contributed by atoms with van der Waals surface area (Å²) in [5, 5.41) is 10.2. The summed E-state index contributed by atoms with van der Waals surface area (Å²) >= 11 is 2.46. The zero-order chi connectivity index (χ0) is 21.6. The number of aryl methyl sites for hydroxylation is 2. The Balaban J connectivity index is 1.48. The normalized spacial score (nSPS) is 11.4. The number of carbonyl (C=O) groups is 1. The Bertz CT molecular complexity index is 1110. The van der Waals surface area contributed by atoms with Crippen molar-refractivity contribution in [2.24, 2.45) is 0 Å². The fourth-order valence-corrected chi connectivity index (χ4v) is 5.45. The number of nitrogens with zero attached hydrogens (tertiary/aromatic N) is 2. The third-order valence-electron chi connectivity index (χ3n) is 4.06. The maximum Gasteiger partial charge on any atom is 0.269 e. The number of sulfonamides is 1. The topological polar surface area (TPSA) is 101 Å². The van der Waals surface area contributed by atoms with Crippen molar-refractivity contribution in [3.63, 3.8) is 0 Å². The van der Waals surface area contributed by atoms with Crippen molar-refractivity contribution in [2.45, 2.75) is 23.9 Å². The van der Waals surface area contributed by atoms with E-state index in [1.165, 1.54) is 11.1 Å². The van der Waals surface area contributed by atoms with Gasteiger partial charge in [-0.1, -0.05) is 58.9 Å². The fraction of sp³-hybridized carbons (Fsp3) is 0.250. The molecule has 10 heteroatoms. The van der Waals surface area contributed by atoms with Crippen LogP contribution >= 0.6 is 23.1 Å². The monoisotopic (exact) mass is 462 g/mol. The van der Waals surface area contributed by atoms with E-state index in [9.17, 15) is 13.2 Å². The summed E-state index contributed by atoms with van der Waals surface area (Å²) in [6.45, 7) is 4.25. The molecule has 0 aliphatic rings. The molecule has 1 heterocycles. The number of hydrogen-bond donors (Lipinski definition) is 2. The summed E-state index contributed by atoms with van der Waals surface area (Å²) in [7, 11) is -3.77. The van der Waals surface area contributed by atoms with E-state index >= 15 is 0 Å². The molecule has 0 aliphatic carbocycles. The first-order valence-corrected chi connectivity index (χ1v) is 12.6. The summed E-state index contributed by atoms with van der Waals surface area (Å²) in [5.74, 6) is 1.08. The number of anilines is 1. The maximum absolute atomic E-state index is 12.4. The van der Waals surface area contributed by atoms with Crippen LogP contribution in [0.1, 0.15) is 27.0 Å². The molecular weight excluding hydrogens is 440 g/mol. The minimum atomic E-state index is -3.77. The highest BCUT2D eigenvalue weighted by atomic mass is 32.2. The van der Waals surface area contributed by atoms with E-state index in [0.717, 1.165) is 22.7 Å². The number of aromatic nitrogens is 2. The van der Waals surface area contributed by atoms with Crippen molar-refractivity contribution in [2.75, 3.05) is 17.6 Å². The SMILES string of the molecule is Cc1ccc(C(=O)Nc2nnc(S(=O)(=O)NCCSCc3cccc(C)c3)s2)cc1. The first kappa shape index (κ1) is 22.4. The van der Waals surface area contributed by atoms with Gasteiger partial charge in [0.2, 0.25) is 9.47 Å². The van der Waals surface area contributed by atoms with Crippen molar-refractivity contribution in [3.05, 3.63) is 70.8 Å². The number of nitrogens with one attached hydrogen (secondary N) is 2. The molecule has 2 N–H and O–H groups in total. The molecule has 1 amide bonds. The van der Waals surface area contributed by atoms with Crippen LogP contribution in [0.5, 0.6) is 0 Å². The first-order valence-electron chi connectivity index (χ1n) is 9.18. The molecule has 0 unspecified atom stereocenters. The highest BCUT2D eigenvalue weighted by Crippen LogP contribution is 2.21. The van der Waals surface area contributed by atoms with Crippen molar-refractivity contribution >= 4 is 44.2 Å².